The van der Waals surface area contributed by atoms with E-state index in [1.54, 1.807) is 0 Å². The average Bonchev–Trinajstić information content (AvgIpc) is 2.54. The van der Waals surface area contributed by atoms with Gasteiger partial charge in [0, 0.05) is 13.0 Å². The molecular weight excluding hydrogens is 348 g/mol. The van der Waals surface area contributed by atoms with Crippen molar-refractivity contribution in [3.05, 3.63) is 36.4 Å². The highest BCUT2D eigenvalue weighted by molar-refractivity contribution is 7.92. The first-order chi connectivity index (χ1) is 11.8. The van der Waals surface area contributed by atoms with Crippen molar-refractivity contribution >= 4 is 27.3 Å². The summed E-state index contributed by atoms with van der Waals surface area (Å²) >= 11 is 0. The summed E-state index contributed by atoms with van der Waals surface area (Å²) in [5.41, 5.74) is 0.394. The quantitative estimate of drug-likeness (QED) is 0.722. The van der Waals surface area contributed by atoms with Crippen molar-refractivity contribution in [1.82, 2.24) is 0 Å². The number of ether oxygens (including phenoxy) is 2. The Kier molecular flexibility index (Phi) is 5.38. The Bertz CT molecular complexity index is 895. The van der Waals surface area contributed by atoms with Gasteiger partial charge in [-0.15, -0.1) is 0 Å². The molecular formula is C16H18N2O6S. The summed E-state index contributed by atoms with van der Waals surface area (Å²) < 4.78 is 37.4. The fraction of sp³-hybridized carbons (Fsp3) is 0.188. The molecule has 2 rings (SSSR count). The molecule has 0 atom stereocenters. The number of nitrogens with one attached hydrogen (secondary N) is 2. The first kappa shape index (κ1) is 18.4. The summed E-state index contributed by atoms with van der Waals surface area (Å²) in [4.78, 5) is 11.2. The van der Waals surface area contributed by atoms with Crippen LogP contribution in [0.15, 0.2) is 41.3 Å². The molecule has 9 heteroatoms. The van der Waals surface area contributed by atoms with E-state index >= 15 is 0 Å². The normalized spacial score (nSPS) is 10.8. The molecule has 0 bridgehead atoms. The van der Waals surface area contributed by atoms with Gasteiger partial charge in [-0.3, -0.25) is 9.52 Å². The van der Waals surface area contributed by atoms with Crippen molar-refractivity contribution in [2.45, 2.75) is 11.8 Å². The predicted molar refractivity (Wildman–Crippen MR) is 92.8 cm³/mol. The number of phenols is 1. The summed E-state index contributed by atoms with van der Waals surface area (Å²) in [5, 5.41) is 12.3. The summed E-state index contributed by atoms with van der Waals surface area (Å²) in [6.45, 7) is 1.30. The highest BCUT2D eigenvalue weighted by Gasteiger charge is 2.18. The third kappa shape index (κ3) is 4.32. The molecule has 0 saturated carbocycles. The van der Waals surface area contributed by atoms with Crippen molar-refractivity contribution in [2.75, 3.05) is 24.3 Å². The van der Waals surface area contributed by atoms with Gasteiger partial charge in [0.25, 0.3) is 10.0 Å². The SMILES string of the molecule is COc1ccc(NS(=O)(=O)c2ccc(OC)c(NC(C)=O)c2)cc1O. The lowest BCUT2D eigenvalue weighted by atomic mass is 10.3. The molecule has 0 spiro atoms. The minimum absolute atomic E-state index is 0.0765. The van der Waals surface area contributed by atoms with Crippen LogP contribution >= 0.6 is 0 Å². The van der Waals surface area contributed by atoms with Gasteiger partial charge in [-0.05, 0) is 30.3 Å². The molecule has 0 aliphatic carbocycles. The average molecular weight is 366 g/mol. The second kappa shape index (κ2) is 7.31. The third-order valence-corrected chi connectivity index (χ3v) is 4.60. The fourth-order valence-electron chi connectivity index (χ4n) is 2.11. The van der Waals surface area contributed by atoms with Crippen LogP contribution in [-0.2, 0) is 14.8 Å². The number of carbonyl (C=O) groups excluding carboxylic acids is 1. The summed E-state index contributed by atoms with van der Waals surface area (Å²) in [5.74, 6) is -0.00571. The minimum atomic E-state index is -3.94. The van der Waals surface area contributed by atoms with Crippen molar-refractivity contribution in [3.63, 3.8) is 0 Å². The number of methoxy groups -OCH3 is 2. The summed E-state index contributed by atoms with van der Waals surface area (Å²) in [6, 6.07) is 8.18. The van der Waals surface area contributed by atoms with Gasteiger partial charge >= 0.3 is 0 Å². The largest absolute Gasteiger partial charge is 0.504 e. The topological polar surface area (TPSA) is 114 Å². The molecule has 8 nitrogen and oxygen atoms in total. The van der Waals surface area contributed by atoms with Crippen LogP contribution in [0.5, 0.6) is 17.2 Å². The smallest absolute Gasteiger partial charge is 0.261 e. The van der Waals surface area contributed by atoms with Gasteiger partial charge < -0.3 is 19.9 Å². The molecule has 0 aliphatic heterocycles. The van der Waals surface area contributed by atoms with E-state index in [1.807, 2.05) is 0 Å². The molecule has 2 aromatic carbocycles. The van der Waals surface area contributed by atoms with Gasteiger partial charge in [-0.2, -0.15) is 0 Å². The minimum Gasteiger partial charge on any atom is -0.504 e. The highest BCUT2D eigenvalue weighted by atomic mass is 32.2. The van der Waals surface area contributed by atoms with Gasteiger partial charge in [-0.25, -0.2) is 8.42 Å². The Labute approximate surface area is 145 Å². The van der Waals surface area contributed by atoms with Crippen molar-refractivity contribution in [1.29, 1.82) is 0 Å². The van der Waals surface area contributed by atoms with Gasteiger partial charge in [0.15, 0.2) is 11.5 Å². The van der Waals surface area contributed by atoms with E-state index in [0.717, 1.165) is 0 Å². The van der Waals surface area contributed by atoms with E-state index in [9.17, 15) is 18.3 Å². The van der Waals surface area contributed by atoms with Gasteiger partial charge in [0.1, 0.15) is 5.75 Å². The number of rotatable bonds is 6. The Morgan fingerprint density at radius 2 is 1.68 bits per heavy atom. The van der Waals surface area contributed by atoms with Gasteiger partial charge in [0.2, 0.25) is 5.91 Å². The molecule has 25 heavy (non-hydrogen) atoms. The number of phenolic OH excluding ortho intramolecular Hbond substituents is 1. The van der Waals surface area contributed by atoms with Crippen LogP contribution in [0, 0.1) is 0 Å². The number of sulfonamides is 1. The third-order valence-electron chi connectivity index (χ3n) is 3.22. The van der Waals surface area contributed by atoms with Crippen LogP contribution in [0.1, 0.15) is 6.92 Å². The molecule has 0 saturated heterocycles. The molecule has 0 fully saturated rings. The number of aromatic hydroxyl groups is 1. The number of amides is 1. The van der Waals surface area contributed by atoms with E-state index in [0.29, 0.717) is 5.75 Å². The molecule has 0 unspecified atom stereocenters. The van der Waals surface area contributed by atoms with Crippen molar-refractivity contribution < 1.29 is 27.8 Å². The monoisotopic (exact) mass is 366 g/mol. The second-order valence-electron chi connectivity index (χ2n) is 5.04. The predicted octanol–water partition coefficient (Wildman–Crippen LogP) is 2.17. The Morgan fingerprint density at radius 1 is 1.04 bits per heavy atom. The van der Waals surface area contributed by atoms with Gasteiger partial charge in [0.05, 0.1) is 30.5 Å². The number of hydrogen-bond donors (Lipinski definition) is 3. The molecule has 0 aromatic heterocycles. The van der Waals surface area contributed by atoms with Gasteiger partial charge in [-0.1, -0.05) is 0 Å². The van der Waals surface area contributed by atoms with Crippen molar-refractivity contribution in [3.8, 4) is 17.2 Å². The maximum absolute atomic E-state index is 12.5. The first-order valence-electron chi connectivity index (χ1n) is 7.12. The lowest BCUT2D eigenvalue weighted by molar-refractivity contribution is -0.114. The second-order valence-corrected chi connectivity index (χ2v) is 6.72. The Balaban J connectivity index is 2.36. The van der Waals surface area contributed by atoms with Crippen LogP contribution < -0.4 is 19.5 Å². The van der Waals surface area contributed by atoms with Crippen LogP contribution in [0.3, 0.4) is 0 Å². The number of anilines is 2. The standard InChI is InChI=1S/C16H18N2O6S/c1-10(19)17-13-9-12(5-7-15(13)23-2)25(21,22)18-11-4-6-16(24-3)14(20)8-11/h4-9,18,20H,1-3H3,(H,17,19). The number of benzene rings is 2. The van der Waals surface area contributed by atoms with E-state index in [1.165, 1.54) is 57.5 Å². The molecule has 0 heterocycles. The van der Waals surface area contributed by atoms with Crippen LogP contribution in [0.4, 0.5) is 11.4 Å². The lowest BCUT2D eigenvalue weighted by Gasteiger charge is -2.13. The van der Waals surface area contributed by atoms with Crippen LogP contribution in [0.25, 0.3) is 0 Å². The summed E-state index contributed by atoms with van der Waals surface area (Å²) in [6.07, 6.45) is 0. The zero-order valence-corrected chi connectivity index (χ0v) is 14.7. The zero-order chi connectivity index (χ0) is 18.6. The zero-order valence-electron chi connectivity index (χ0n) is 13.9. The maximum atomic E-state index is 12.5. The number of hydrogen-bond acceptors (Lipinski definition) is 6. The molecule has 1 amide bonds. The maximum Gasteiger partial charge on any atom is 0.261 e. The van der Waals surface area contributed by atoms with E-state index in [2.05, 4.69) is 10.0 Å². The highest BCUT2D eigenvalue weighted by Crippen LogP contribution is 2.31. The summed E-state index contributed by atoms with van der Waals surface area (Å²) in [7, 11) is -1.14. The molecule has 3 N–H and O–H groups in total. The molecule has 0 aliphatic rings. The van der Waals surface area contributed by atoms with E-state index in [4.69, 9.17) is 9.47 Å². The van der Waals surface area contributed by atoms with Crippen LogP contribution in [-0.4, -0.2) is 33.7 Å². The first-order valence-corrected chi connectivity index (χ1v) is 8.60. The Hall–Kier alpha value is -2.94. The van der Waals surface area contributed by atoms with Crippen molar-refractivity contribution in [2.24, 2.45) is 0 Å². The van der Waals surface area contributed by atoms with E-state index in [-0.39, 0.29) is 33.7 Å². The van der Waals surface area contributed by atoms with Crippen LogP contribution in [0.2, 0.25) is 0 Å². The molecule has 2 aromatic rings. The fourth-order valence-corrected chi connectivity index (χ4v) is 3.18. The lowest BCUT2D eigenvalue weighted by Crippen LogP contribution is -2.14. The number of carbonyl (C=O) groups is 1. The Morgan fingerprint density at radius 3 is 2.24 bits per heavy atom. The molecule has 134 valence electrons. The van der Waals surface area contributed by atoms with E-state index < -0.39 is 10.0 Å². The molecule has 0 radical (unpaired) electrons.